The van der Waals surface area contributed by atoms with Crippen LogP contribution in [0.3, 0.4) is 0 Å². The molecular weight excluding hydrogens is 226 g/mol. The van der Waals surface area contributed by atoms with E-state index >= 15 is 0 Å². The number of ether oxygens (including phenoxy) is 2. The lowest BCUT2D eigenvalue weighted by atomic mass is 9.96. The molecule has 3 heteroatoms. The Hall–Kier alpha value is -1.22. The molecule has 0 fully saturated rings. The molecule has 18 heavy (non-hydrogen) atoms. The summed E-state index contributed by atoms with van der Waals surface area (Å²) in [6.07, 6.45) is 1.22. The van der Waals surface area contributed by atoms with Gasteiger partial charge in [0.05, 0.1) is 12.7 Å². The van der Waals surface area contributed by atoms with Crippen LogP contribution in [0, 0.1) is 0 Å². The van der Waals surface area contributed by atoms with E-state index < -0.39 is 0 Å². The number of benzene rings is 1. The van der Waals surface area contributed by atoms with E-state index in [0.717, 1.165) is 17.9 Å². The molecule has 1 aromatic rings. The van der Waals surface area contributed by atoms with Gasteiger partial charge in [-0.15, -0.1) is 0 Å². The average Bonchev–Trinajstić information content (AvgIpc) is 2.29. The Balaban J connectivity index is 2.33. The van der Waals surface area contributed by atoms with E-state index in [1.165, 1.54) is 5.56 Å². The molecule has 0 saturated heterocycles. The van der Waals surface area contributed by atoms with Crippen molar-refractivity contribution in [3.63, 3.8) is 0 Å². The Morgan fingerprint density at radius 3 is 2.89 bits per heavy atom. The molecule has 1 N–H and O–H groups in total. The summed E-state index contributed by atoms with van der Waals surface area (Å²) in [5, 5.41) is 3.60. The molecule has 0 radical (unpaired) electrons. The van der Waals surface area contributed by atoms with Crippen molar-refractivity contribution in [2.75, 3.05) is 6.61 Å². The predicted octanol–water partition coefficient (Wildman–Crippen LogP) is 3.30. The Kier molecular flexibility index (Phi) is 4.12. The van der Waals surface area contributed by atoms with Crippen LogP contribution in [0.5, 0.6) is 11.5 Å². The number of fused-ring (bicyclic) bond motifs is 1. The average molecular weight is 249 g/mol. The summed E-state index contributed by atoms with van der Waals surface area (Å²) >= 11 is 0. The molecular formula is C15H23NO2. The highest BCUT2D eigenvalue weighted by Crippen LogP contribution is 2.41. The predicted molar refractivity (Wildman–Crippen MR) is 73.3 cm³/mol. The summed E-state index contributed by atoms with van der Waals surface area (Å²) in [7, 11) is 0. The third-order valence-corrected chi connectivity index (χ3v) is 3.11. The highest BCUT2D eigenvalue weighted by molar-refractivity contribution is 5.49. The summed E-state index contributed by atoms with van der Waals surface area (Å²) in [6.45, 7) is 9.12. The zero-order valence-electron chi connectivity index (χ0n) is 11.7. The van der Waals surface area contributed by atoms with Crippen LogP contribution in [0.4, 0.5) is 0 Å². The summed E-state index contributed by atoms with van der Waals surface area (Å²) in [4.78, 5) is 0. The first kappa shape index (κ1) is 13.2. The molecule has 100 valence electrons. The molecule has 0 aromatic heterocycles. The molecule has 0 aliphatic carbocycles. The molecule has 1 aliphatic rings. The van der Waals surface area contributed by atoms with Gasteiger partial charge in [0.2, 0.25) is 0 Å². The second-order valence-corrected chi connectivity index (χ2v) is 5.15. The molecule has 1 aliphatic heterocycles. The molecule has 1 heterocycles. The molecule has 2 atom stereocenters. The van der Waals surface area contributed by atoms with Crippen molar-refractivity contribution in [2.45, 2.75) is 52.3 Å². The number of nitrogens with one attached hydrogen (secondary N) is 1. The minimum absolute atomic E-state index is 0.218. The van der Waals surface area contributed by atoms with Crippen molar-refractivity contribution in [3.05, 3.63) is 23.8 Å². The smallest absolute Gasteiger partial charge is 0.166 e. The van der Waals surface area contributed by atoms with Crippen LogP contribution in [0.25, 0.3) is 0 Å². The van der Waals surface area contributed by atoms with Crippen LogP contribution in [-0.2, 0) is 0 Å². The van der Waals surface area contributed by atoms with Crippen molar-refractivity contribution in [1.29, 1.82) is 0 Å². The standard InChI is InChI=1S/C15H23NO2/c1-5-17-14-8-6-7-12-13(16-10(2)3)9-11(4)18-15(12)14/h6-8,10-11,13,16H,5,9H2,1-4H3. The molecule has 1 aromatic carbocycles. The minimum atomic E-state index is 0.218. The normalized spacial score (nSPS) is 22.5. The Bertz CT molecular complexity index is 403. The summed E-state index contributed by atoms with van der Waals surface area (Å²) in [6, 6.07) is 6.96. The van der Waals surface area contributed by atoms with Gasteiger partial charge < -0.3 is 14.8 Å². The van der Waals surface area contributed by atoms with Crippen molar-refractivity contribution < 1.29 is 9.47 Å². The van der Waals surface area contributed by atoms with Crippen LogP contribution in [0.1, 0.15) is 45.7 Å². The van der Waals surface area contributed by atoms with Gasteiger partial charge in [0.15, 0.2) is 11.5 Å². The Morgan fingerprint density at radius 1 is 1.44 bits per heavy atom. The van der Waals surface area contributed by atoms with E-state index in [9.17, 15) is 0 Å². The molecule has 3 nitrogen and oxygen atoms in total. The minimum Gasteiger partial charge on any atom is -0.490 e. The fraction of sp³-hybridized carbons (Fsp3) is 0.600. The maximum atomic E-state index is 5.96. The third-order valence-electron chi connectivity index (χ3n) is 3.11. The van der Waals surface area contributed by atoms with E-state index in [2.05, 4.69) is 32.2 Å². The lowest BCUT2D eigenvalue weighted by Crippen LogP contribution is -2.35. The maximum Gasteiger partial charge on any atom is 0.166 e. The third kappa shape index (κ3) is 2.78. The fourth-order valence-electron chi connectivity index (χ4n) is 2.47. The topological polar surface area (TPSA) is 30.5 Å². The zero-order valence-corrected chi connectivity index (χ0v) is 11.7. The van der Waals surface area contributed by atoms with Crippen LogP contribution in [0.15, 0.2) is 18.2 Å². The van der Waals surface area contributed by atoms with Crippen molar-refractivity contribution in [2.24, 2.45) is 0 Å². The maximum absolute atomic E-state index is 5.96. The van der Waals surface area contributed by atoms with E-state index in [-0.39, 0.29) is 6.10 Å². The summed E-state index contributed by atoms with van der Waals surface area (Å²) < 4.78 is 11.6. The quantitative estimate of drug-likeness (QED) is 0.888. The lowest BCUT2D eigenvalue weighted by Gasteiger charge is -2.33. The zero-order chi connectivity index (χ0) is 13.1. The second kappa shape index (κ2) is 5.61. The molecule has 0 bridgehead atoms. The van der Waals surface area contributed by atoms with Crippen molar-refractivity contribution >= 4 is 0 Å². The molecule has 0 saturated carbocycles. The SMILES string of the molecule is CCOc1cccc2c1OC(C)CC2NC(C)C. The summed E-state index contributed by atoms with van der Waals surface area (Å²) in [5.41, 5.74) is 1.22. The molecule has 2 rings (SSSR count). The number of rotatable bonds is 4. The first-order valence-electron chi connectivity index (χ1n) is 6.80. The van der Waals surface area contributed by atoms with Crippen LogP contribution in [-0.4, -0.2) is 18.8 Å². The van der Waals surface area contributed by atoms with Crippen LogP contribution < -0.4 is 14.8 Å². The van der Waals surface area contributed by atoms with Gasteiger partial charge in [0.25, 0.3) is 0 Å². The first-order chi connectivity index (χ1) is 8.61. The number of para-hydroxylation sites is 1. The second-order valence-electron chi connectivity index (χ2n) is 5.15. The Morgan fingerprint density at radius 2 is 2.22 bits per heavy atom. The lowest BCUT2D eigenvalue weighted by molar-refractivity contribution is 0.154. The Labute approximate surface area is 109 Å². The van der Waals surface area contributed by atoms with Crippen LogP contribution >= 0.6 is 0 Å². The molecule has 0 amide bonds. The van der Waals surface area contributed by atoms with Gasteiger partial charge in [0.1, 0.15) is 0 Å². The van der Waals surface area contributed by atoms with Crippen molar-refractivity contribution in [3.8, 4) is 11.5 Å². The van der Waals surface area contributed by atoms with E-state index in [1.807, 2.05) is 19.1 Å². The van der Waals surface area contributed by atoms with E-state index in [0.29, 0.717) is 18.7 Å². The molecule has 2 unspecified atom stereocenters. The monoisotopic (exact) mass is 249 g/mol. The van der Waals surface area contributed by atoms with Gasteiger partial charge in [-0.3, -0.25) is 0 Å². The van der Waals surface area contributed by atoms with Gasteiger partial charge in [-0.05, 0) is 19.9 Å². The fourth-order valence-corrected chi connectivity index (χ4v) is 2.47. The molecule has 0 spiro atoms. The highest BCUT2D eigenvalue weighted by Gasteiger charge is 2.28. The van der Waals surface area contributed by atoms with Crippen LogP contribution in [0.2, 0.25) is 0 Å². The van der Waals surface area contributed by atoms with Gasteiger partial charge >= 0.3 is 0 Å². The van der Waals surface area contributed by atoms with Crippen molar-refractivity contribution in [1.82, 2.24) is 5.32 Å². The van der Waals surface area contributed by atoms with Gasteiger partial charge in [-0.1, -0.05) is 26.0 Å². The van der Waals surface area contributed by atoms with Gasteiger partial charge in [-0.25, -0.2) is 0 Å². The largest absolute Gasteiger partial charge is 0.490 e. The van der Waals surface area contributed by atoms with E-state index in [4.69, 9.17) is 9.47 Å². The number of hydrogen-bond acceptors (Lipinski definition) is 3. The highest BCUT2D eigenvalue weighted by atomic mass is 16.5. The summed E-state index contributed by atoms with van der Waals surface area (Å²) in [5.74, 6) is 1.77. The van der Waals surface area contributed by atoms with E-state index in [1.54, 1.807) is 0 Å². The van der Waals surface area contributed by atoms with Gasteiger partial charge in [0, 0.05) is 24.1 Å². The number of hydrogen-bond donors (Lipinski definition) is 1. The first-order valence-corrected chi connectivity index (χ1v) is 6.80. The van der Waals surface area contributed by atoms with Gasteiger partial charge in [-0.2, -0.15) is 0 Å².